The highest BCUT2D eigenvalue weighted by Crippen LogP contribution is 2.28. The number of aldehydes is 1. The molecule has 1 rings (SSSR count). The Labute approximate surface area is 109 Å². The third kappa shape index (κ3) is 8.10. The lowest BCUT2D eigenvalue weighted by Gasteiger charge is -2.05. The molecule has 0 unspecified atom stereocenters. The van der Waals surface area contributed by atoms with Crippen LogP contribution in [0.25, 0.3) is 0 Å². The molecule has 0 aromatic heterocycles. The molecule has 19 heavy (non-hydrogen) atoms. The Kier molecular flexibility index (Phi) is 7.67. The number of likely N-dealkylation sites (N-methyl/N-ethyl adjacent to an activating group) is 1. The van der Waals surface area contributed by atoms with Crippen LogP contribution in [0.1, 0.15) is 13.3 Å². The van der Waals surface area contributed by atoms with E-state index in [1.165, 1.54) is 12.2 Å². The molecule has 0 spiro atoms. The van der Waals surface area contributed by atoms with E-state index in [-0.39, 0.29) is 11.4 Å². The molecule has 0 fully saturated rings. The molecule has 0 heterocycles. The number of ketones is 1. The number of halogens is 3. The molecular weight excluding hydrogens is 259 g/mol. The number of carbonyl (C=O) groups is 2. The minimum atomic E-state index is -4.39. The number of alkyl halides is 3. The molecule has 0 aromatic rings. The Morgan fingerprint density at radius 1 is 1.47 bits per heavy atom. The van der Waals surface area contributed by atoms with Crippen LogP contribution in [0.3, 0.4) is 0 Å². The van der Waals surface area contributed by atoms with Gasteiger partial charge in [-0.05, 0) is 26.5 Å². The molecule has 1 aliphatic rings. The molecule has 0 saturated heterocycles. The van der Waals surface area contributed by atoms with Crippen LogP contribution >= 0.6 is 0 Å². The Bertz CT molecular complexity index is 407. The second kappa shape index (κ2) is 8.42. The van der Waals surface area contributed by atoms with Crippen molar-refractivity contribution in [1.29, 1.82) is 0 Å². The van der Waals surface area contributed by atoms with Crippen molar-refractivity contribution < 1.29 is 22.8 Å². The summed E-state index contributed by atoms with van der Waals surface area (Å²) >= 11 is 0. The predicted octanol–water partition coefficient (Wildman–Crippen LogP) is 2.36. The fraction of sp³-hybridized carbons (Fsp3) is 0.385. The number of carbonyl (C=O) groups excluding carboxylic acids is 2. The second-order valence-electron chi connectivity index (χ2n) is 3.79. The molecule has 0 radical (unpaired) electrons. The van der Waals surface area contributed by atoms with Crippen LogP contribution in [0.5, 0.6) is 0 Å². The molecule has 0 atom stereocenters. The van der Waals surface area contributed by atoms with Gasteiger partial charge in [0.15, 0.2) is 0 Å². The maximum absolute atomic E-state index is 12.2. The third-order valence-electron chi connectivity index (χ3n) is 2.00. The van der Waals surface area contributed by atoms with Crippen LogP contribution in [-0.2, 0) is 9.59 Å². The summed E-state index contributed by atoms with van der Waals surface area (Å²) in [6, 6.07) is 0. The van der Waals surface area contributed by atoms with E-state index in [1.54, 1.807) is 14.0 Å². The van der Waals surface area contributed by atoms with E-state index in [9.17, 15) is 22.8 Å². The summed E-state index contributed by atoms with van der Waals surface area (Å²) in [4.78, 5) is 20.3. The molecule has 0 aliphatic heterocycles. The lowest BCUT2D eigenvalue weighted by atomic mass is 10.2. The molecule has 0 bridgehead atoms. The SMILES string of the molecule is CNCC(C)=O.O=CC1=CCC=CC(C(F)(F)F)=C1. The normalized spacial score (nSPS) is 14.6. The first-order valence-corrected chi connectivity index (χ1v) is 5.56. The lowest BCUT2D eigenvalue weighted by Crippen LogP contribution is -2.14. The van der Waals surface area contributed by atoms with Crippen LogP contribution in [0.15, 0.2) is 35.5 Å². The number of hydrogen-bond acceptors (Lipinski definition) is 3. The molecular formula is C13H16F3NO2. The van der Waals surface area contributed by atoms with E-state index in [2.05, 4.69) is 5.32 Å². The first kappa shape index (κ1) is 17.3. The van der Waals surface area contributed by atoms with Crippen molar-refractivity contribution in [2.24, 2.45) is 0 Å². The highest BCUT2D eigenvalue weighted by molar-refractivity contribution is 5.78. The van der Waals surface area contributed by atoms with Gasteiger partial charge in [-0.25, -0.2) is 0 Å². The smallest absolute Gasteiger partial charge is 0.313 e. The van der Waals surface area contributed by atoms with Crippen molar-refractivity contribution in [3.63, 3.8) is 0 Å². The van der Waals surface area contributed by atoms with Gasteiger partial charge in [-0.1, -0.05) is 18.2 Å². The largest absolute Gasteiger partial charge is 0.416 e. The van der Waals surface area contributed by atoms with E-state index in [4.69, 9.17) is 0 Å². The maximum atomic E-state index is 12.2. The van der Waals surface area contributed by atoms with E-state index in [0.717, 1.165) is 12.2 Å². The van der Waals surface area contributed by atoms with Gasteiger partial charge in [-0.2, -0.15) is 13.2 Å². The van der Waals surface area contributed by atoms with Gasteiger partial charge < -0.3 is 5.32 Å². The quantitative estimate of drug-likeness (QED) is 0.804. The molecule has 1 aliphatic carbocycles. The van der Waals surface area contributed by atoms with Gasteiger partial charge in [0.25, 0.3) is 0 Å². The summed E-state index contributed by atoms with van der Waals surface area (Å²) in [5.41, 5.74) is -0.722. The first-order valence-electron chi connectivity index (χ1n) is 5.56. The van der Waals surface area contributed by atoms with Crippen molar-refractivity contribution in [2.75, 3.05) is 13.6 Å². The van der Waals surface area contributed by atoms with Crippen molar-refractivity contribution in [3.8, 4) is 0 Å². The Balaban J connectivity index is 0.000000459. The number of Topliss-reactive ketones (excluding diaryl/α,β-unsaturated/α-hetero) is 1. The van der Waals surface area contributed by atoms with Crippen molar-refractivity contribution in [1.82, 2.24) is 5.32 Å². The van der Waals surface area contributed by atoms with Gasteiger partial charge in [0, 0.05) is 5.57 Å². The maximum Gasteiger partial charge on any atom is 0.416 e. The molecule has 0 saturated carbocycles. The summed E-state index contributed by atoms with van der Waals surface area (Å²) in [5, 5.41) is 2.72. The van der Waals surface area contributed by atoms with Gasteiger partial charge in [-0.3, -0.25) is 9.59 Å². The Morgan fingerprint density at radius 2 is 2.11 bits per heavy atom. The molecule has 1 N–H and O–H groups in total. The number of nitrogens with one attached hydrogen (secondary N) is 1. The average molecular weight is 275 g/mol. The van der Waals surface area contributed by atoms with Crippen LogP contribution < -0.4 is 5.32 Å². The minimum absolute atomic E-state index is 0.0670. The molecule has 0 aromatic carbocycles. The van der Waals surface area contributed by atoms with Crippen LogP contribution in [0.4, 0.5) is 13.2 Å². The number of allylic oxidation sites excluding steroid dienone is 6. The number of hydrogen-bond donors (Lipinski definition) is 1. The third-order valence-corrected chi connectivity index (χ3v) is 2.00. The molecule has 3 nitrogen and oxygen atoms in total. The zero-order valence-corrected chi connectivity index (χ0v) is 10.8. The predicted molar refractivity (Wildman–Crippen MR) is 66.6 cm³/mol. The topological polar surface area (TPSA) is 46.2 Å². The van der Waals surface area contributed by atoms with Crippen molar-refractivity contribution >= 4 is 12.1 Å². The highest BCUT2D eigenvalue weighted by atomic mass is 19.4. The van der Waals surface area contributed by atoms with Gasteiger partial charge in [0.05, 0.1) is 12.1 Å². The monoisotopic (exact) mass is 275 g/mol. The van der Waals surface area contributed by atoms with Gasteiger partial charge in [-0.15, -0.1) is 0 Å². The van der Waals surface area contributed by atoms with E-state index in [1.807, 2.05) is 0 Å². The fourth-order valence-electron chi connectivity index (χ4n) is 1.19. The second-order valence-corrected chi connectivity index (χ2v) is 3.79. The van der Waals surface area contributed by atoms with Gasteiger partial charge in [0.1, 0.15) is 12.1 Å². The fourth-order valence-corrected chi connectivity index (χ4v) is 1.19. The Morgan fingerprint density at radius 3 is 2.47 bits per heavy atom. The average Bonchev–Trinajstić information content (AvgIpc) is 2.53. The lowest BCUT2D eigenvalue weighted by molar-refractivity contribution is -0.116. The van der Waals surface area contributed by atoms with Crippen LogP contribution in [-0.4, -0.2) is 31.8 Å². The zero-order valence-electron chi connectivity index (χ0n) is 10.8. The first-order chi connectivity index (χ1) is 8.81. The zero-order chi connectivity index (χ0) is 14.9. The van der Waals surface area contributed by atoms with Crippen molar-refractivity contribution in [2.45, 2.75) is 19.5 Å². The van der Waals surface area contributed by atoms with Crippen LogP contribution in [0.2, 0.25) is 0 Å². The standard InChI is InChI=1S/C9H7F3O.C4H9NO/c10-9(11,12)8-4-2-1-3-7(5-8)6-13;1-4(6)3-5-2/h2-6H,1H2;5H,3H2,1-2H3. The van der Waals surface area contributed by atoms with Gasteiger partial charge in [0.2, 0.25) is 0 Å². The van der Waals surface area contributed by atoms with Crippen LogP contribution in [0, 0.1) is 0 Å². The number of rotatable bonds is 3. The van der Waals surface area contributed by atoms with Gasteiger partial charge >= 0.3 is 6.18 Å². The van der Waals surface area contributed by atoms with E-state index >= 15 is 0 Å². The van der Waals surface area contributed by atoms with E-state index < -0.39 is 11.7 Å². The summed E-state index contributed by atoms with van der Waals surface area (Å²) < 4.78 is 36.5. The highest BCUT2D eigenvalue weighted by Gasteiger charge is 2.31. The van der Waals surface area contributed by atoms with Crippen molar-refractivity contribution in [3.05, 3.63) is 35.5 Å². The molecule has 6 heteroatoms. The minimum Gasteiger partial charge on any atom is -0.313 e. The summed E-state index contributed by atoms with van der Waals surface area (Å²) in [6.07, 6.45) is 1.02. The Hall–Kier alpha value is -1.69. The summed E-state index contributed by atoms with van der Waals surface area (Å²) in [6.45, 7) is 2.04. The molecule has 0 amide bonds. The summed E-state index contributed by atoms with van der Waals surface area (Å²) in [7, 11) is 1.75. The molecule has 106 valence electrons. The van der Waals surface area contributed by atoms with E-state index in [0.29, 0.717) is 19.3 Å². The summed E-state index contributed by atoms with van der Waals surface area (Å²) in [5.74, 6) is 0.178.